The topological polar surface area (TPSA) is 54.2 Å². The molecule has 1 unspecified atom stereocenters. The Bertz CT molecular complexity index is 326. The highest BCUT2D eigenvalue weighted by Gasteiger charge is 2.16. The van der Waals surface area contributed by atoms with Crippen molar-refractivity contribution in [3.63, 3.8) is 0 Å². The zero-order valence-electron chi connectivity index (χ0n) is 9.78. The average molecular weight is 240 g/mol. The molecule has 0 aliphatic carbocycles. The van der Waals surface area contributed by atoms with E-state index in [4.69, 9.17) is 5.73 Å². The third-order valence-corrected chi connectivity index (χ3v) is 4.00. The van der Waals surface area contributed by atoms with Crippen molar-refractivity contribution < 1.29 is 0 Å². The molecular formula is C11H20N4S. The summed E-state index contributed by atoms with van der Waals surface area (Å²) >= 11 is 1.66. The van der Waals surface area contributed by atoms with Gasteiger partial charge in [-0.1, -0.05) is 0 Å². The molecule has 4 nitrogen and oxygen atoms in total. The molecule has 1 fully saturated rings. The molecule has 3 N–H and O–H groups in total. The minimum Gasteiger partial charge on any atom is -0.361 e. The first-order valence-electron chi connectivity index (χ1n) is 5.85. The first-order valence-corrected chi connectivity index (χ1v) is 6.66. The van der Waals surface area contributed by atoms with Gasteiger partial charge < -0.3 is 16.0 Å². The van der Waals surface area contributed by atoms with Crippen LogP contribution >= 0.6 is 11.3 Å². The molecule has 2 rings (SSSR count). The summed E-state index contributed by atoms with van der Waals surface area (Å²) in [5.41, 5.74) is 5.56. The van der Waals surface area contributed by atoms with Crippen LogP contribution in [0, 0.1) is 5.92 Å². The summed E-state index contributed by atoms with van der Waals surface area (Å²) in [5.74, 6) is 0.754. The third kappa shape index (κ3) is 3.17. The molecule has 16 heavy (non-hydrogen) atoms. The van der Waals surface area contributed by atoms with Gasteiger partial charge in [0.25, 0.3) is 0 Å². The largest absolute Gasteiger partial charge is 0.361 e. The number of nitrogens with two attached hydrogens (primary N) is 1. The van der Waals surface area contributed by atoms with Crippen LogP contribution in [0.3, 0.4) is 0 Å². The quantitative estimate of drug-likeness (QED) is 0.834. The van der Waals surface area contributed by atoms with Crippen molar-refractivity contribution in [2.24, 2.45) is 11.7 Å². The fourth-order valence-corrected chi connectivity index (χ4v) is 2.85. The molecule has 1 atom stereocenters. The molecule has 1 aromatic rings. The SMILES string of the molecule is CN1CCCC(CNc2ncc(CN)s2)C1. The number of hydrogen-bond acceptors (Lipinski definition) is 5. The van der Waals surface area contributed by atoms with Gasteiger partial charge in [-0.2, -0.15) is 0 Å². The van der Waals surface area contributed by atoms with E-state index in [1.54, 1.807) is 11.3 Å². The van der Waals surface area contributed by atoms with Gasteiger partial charge in [0.2, 0.25) is 0 Å². The number of nitrogens with one attached hydrogen (secondary N) is 1. The van der Waals surface area contributed by atoms with Gasteiger partial charge in [-0.25, -0.2) is 4.98 Å². The lowest BCUT2D eigenvalue weighted by molar-refractivity contribution is 0.217. The molecule has 0 saturated carbocycles. The van der Waals surface area contributed by atoms with E-state index in [-0.39, 0.29) is 0 Å². The minimum absolute atomic E-state index is 0.589. The highest BCUT2D eigenvalue weighted by molar-refractivity contribution is 7.15. The molecule has 0 bridgehead atoms. The molecule has 0 aromatic carbocycles. The highest BCUT2D eigenvalue weighted by atomic mass is 32.1. The van der Waals surface area contributed by atoms with Gasteiger partial charge in [-0.3, -0.25) is 0 Å². The summed E-state index contributed by atoms with van der Waals surface area (Å²) in [4.78, 5) is 7.85. The Morgan fingerprint density at radius 3 is 3.25 bits per heavy atom. The second-order valence-electron chi connectivity index (χ2n) is 4.49. The number of piperidine rings is 1. The number of rotatable bonds is 4. The lowest BCUT2D eigenvalue weighted by atomic mass is 9.99. The van der Waals surface area contributed by atoms with E-state index in [0.717, 1.165) is 22.5 Å². The zero-order chi connectivity index (χ0) is 11.4. The molecule has 5 heteroatoms. The van der Waals surface area contributed by atoms with Crippen LogP contribution in [0.25, 0.3) is 0 Å². The summed E-state index contributed by atoms with van der Waals surface area (Å²) in [7, 11) is 2.20. The maximum atomic E-state index is 5.56. The van der Waals surface area contributed by atoms with Crippen LogP contribution in [-0.2, 0) is 6.54 Å². The fraction of sp³-hybridized carbons (Fsp3) is 0.727. The van der Waals surface area contributed by atoms with Crippen molar-refractivity contribution in [1.29, 1.82) is 0 Å². The fourth-order valence-electron chi connectivity index (χ4n) is 2.16. The maximum Gasteiger partial charge on any atom is 0.182 e. The van der Waals surface area contributed by atoms with Crippen molar-refractivity contribution in [3.8, 4) is 0 Å². The number of likely N-dealkylation sites (tertiary alicyclic amines) is 1. The summed E-state index contributed by atoms with van der Waals surface area (Å²) in [6.45, 7) is 4.06. The number of thiazole rings is 1. The summed E-state index contributed by atoms with van der Waals surface area (Å²) in [5, 5.41) is 4.42. The van der Waals surface area contributed by atoms with Crippen LogP contribution in [0.15, 0.2) is 6.20 Å². The predicted molar refractivity (Wildman–Crippen MR) is 68.7 cm³/mol. The van der Waals surface area contributed by atoms with E-state index in [1.165, 1.54) is 25.9 Å². The Morgan fingerprint density at radius 1 is 1.69 bits per heavy atom. The first kappa shape index (κ1) is 11.8. The number of anilines is 1. The van der Waals surface area contributed by atoms with Crippen LogP contribution in [0.1, 0.15) is 17.7 Å². The Balaban J connectivity index is 1.78. The van der Waals surface area contributed by atoms with E-state index in [1.807, 2.05) is 6.20 Å². The van der Waals surface area contributed by atoms with Gasteiger partial charge in [-0.15, -0.1) is 11.3 Å². The molecule has 1 aliphatic rings. The Hall–Kier alpha value is -0.650. The van der Waals surface area contributed by atoms with Gasteiger partial charge in [0.15, 0.2) is 5.13 Å². The predicted octanol–water partition coefficient (Wildman–Crippen LogP) is 1.36. The molecule has 0 radical (unpaired) electrons. The molecule has 90 valence electrons. The normalized spacial score (nSPS) is 22.2. The van der Waals surface area contributed by atoms with Crippen molar-refractivity contribution in [2.45, 2.75) is 19.4 Å². The van der Waals surface area contributed by atoms with Crippen LogP contribution in [0.5, 0.6) is 0 Å². The second-order valence-corrected chi connectivity index (χ2v) is 5.60. The van der Waals surface area contributed by atoms with Crippen molar-refractivity contribution >= 4 is 16.5 Å². The molecule has 1 aromatic heterocycles. The molecule has 2 heterocycles. The van der Waals surface area contributed by atoms with Crippen LogP contribution in [-0.4, -0.2) is 36.6 Å². The monoisotopic (exact) mass is 240 g/mol. The first-order chi connectivity index (χ1) is 7.78. The number of aromatic nitrogens is 1. The zero-order valence-corrected chi connectivity index (χ0v) is 10.6. The molecule has 1 saturated heterocycles. The van der Waals surface area contributed by atoms with E-state index in [2.05, 4.69) is 22.2 Å². The van der Waals surface area contributed by atoms with E-state index >= 15 is 0 Å². The van der Waals surface area contributed by atoms with E-state index in [9.17, 15) is 0 Å². The minimum atomic E-state index is 0.589. The molecule has 0 spiro atoms. The van der Waals surface area contributed by atoms with Crippen molar-refractivity contribution in [1.82, 2.24) is 9.88 Å². The van der Waals surface area contributed by atoms with E-state index in [0.29, 0.717) is 6.54 Å². The number of hydrogen-bond donors (Lipinski definition) is 2. The van der Waals surface area contributed by atoms with Crippen LogP contribution < -0.4 is 11.1 Å². The Morgan fingerprint density at radius 2 is 2.56 bits per heavy atom. The molecule has 0 amide bonds. The highest BCUT2D eigenvalue weighted by Crippen LogP contribution is 2.20. The second kappa shape index (κ2) is 5.61. The maximum absolute atomic E-state index is 5.56. The Kier molecular flexibility index (Phi) is 4.15. The lowest BCUT2D eigenvalue weighted by Gasteiger charge is -2.29. The smallest absolute Gasteiger partial charge is 0.182 e. The standard InChI is InChI=1S/C11H20N4S/c1-15-4-2-3-9(8-15)6-13-11-14-7-10(5-12)16-11/h7,9H,2-6,8,12H2,1H3,(H,13,14). The van der Waals surface area contributed by atoms with Crippen LogP contribution in [0.2, 0.25) is 0 Å². The Labute approximate surface area is 101 Å². The molecular weight excluding hydrogens is 220 g/mol. The van der Waals surface area contributed by atoms with Gasteiger partial charge in [0.05, 0.1) is 0 Å². The lowest BCUT2D eigenvalue weighted by Crippen LogP contribution is -2.35. The summed E-state index contributed by atoms with van der Waals surface area (Å²) in [6, 6.07) is 0. The molecule has 1 aliphatic heterocycles. The average Bonchev–Trinajstić information content (AvgIpc) is 2.74. The van der Waals surface area contributed by atoms with Gasteiger partial charge >= 0.3 is 0 Å². The third-order valence-electron chi connectivity index (χ3n) is 3.02. The van der Waals surface area contributed by atoms with Gasteiger partial charge in [0, 0.05) is 30.7 Å². The van der Waals surface area contributed by atoms with Gasteiger partial charge in [-0.05, 0) is 32.4 Å². The van der Waals surface area contributed by atoms with Crippen molar-refractivity contribution in [2.75, 3.05) is 32.0 Å². The summed E-state index contributed by atoms with van der Waals surface area (Å²) < 4.78 is 0. The van der Waals surface area contributed by atoms with E-state index < -0.39 is 0 Å². The number of nitrogens with zero attached hydrogens (tertiary/aromatic N) is 2. The van der Waals surface area contributed by atoms with Crippen LogP contribution in [0.4, 0.5) is 5.13 Å². The van der Waals surface area contributed by atoms with Crippen molar-refractivity contribution in [3.05, 3.63) is 11.1 Å². The summed E-state index contributed by atoms with van der Waals surface area (Å²) in [6.07, 6.45) is 4.50. The van der Waals surface area contributed by atoms with Gasteiger partial charge in [0.1, 0.15) is 0 Å².